The van der Waals surface area contributed by atoms with Gasteiger partial charge in [0, 0.05) is 44.2 Å². The van der Waals surface area contributed by atoms with Crippen LogP contribution in [0.3, 0.4) is 0 Å². The van der Waals surface area contributed by atoms with Gasteiger partial charge in [0.25, 0.3) is 0 Å². The molecular formula is C34H47N3O6. The molecule has 0 bridgehead atoms. The number of carbonyl (C=O) groups excluding carboxylic acids is 1. The van der Waals surface area contributed by atoms with E-state index in [0.717, 1.165) is 48.2 Å². The topological polar surface area (TPSA) is 103 Å². The van der Waals surface area contributed by atoms with Crippen LogP contribution in [0.2, 0.25) is 0 Å². The predicted molar refractivity (Wildman–Crippen MR) is 167 cm³/mol. The van der Waals surface area contributed by atoms with Crippen molar-refractivity contribution in [2.75, 3.05) is 37.7 Å². The molecule has 43 heavy (non-hydrogen) atoms. The zero-order valence-corrected chi connectivity index (χ0v) is 26.9. The summed E-state index contributed by atoms with van der Waals surface area (Å²) >= 11 is 0. The van der Waals surface area contributed by atoms with Crippen molar-refractivity contribution in [1.29, 1.82) is 0 Å². The third-order valence-corrected chi connectivity index (χ3v) is 8.71. The maximum Gasteiger partial charge on any atom is 0.416 e. The Labute approximate surface area is 255 Å². The summed E-state index contributed by atoms with van der Waals surface area (Å²) in [4.78, 5) is 31.0. The van der Waals surface area contributed by atoms with E-state index in [1.807, 2.05) is 39.0 Å². The number of benzene rings is 2. The van der Waals surface area contributed by atoms with Crippen LogP contribution in [0.25, 0.3) is 0 Å². The molecule has 2 heterocycles. The van der Waals surface area contributed by atoms with Crippen molar-refractivity contribution in [1.82, 2.24) is 9.80 Å². The lowest BCUT2D eigenvalue weighted by Crippen LogP contribution is -2.49. The highest BCUT2D eigenvalue weighted by molar-refractivity contribution is 6.00. The Kier molecular flexibility index (Phi) is 7.75. The van der Waals surface area contributed by atoms with Gasteiger partial charge in [0.15, 0.2) is 0 Å². The number of ether oxygens (including phenoxy) is 2. The molecule has 9 heteroatoms. The molecule has 3 aliphatic rings. The number of carbonyl (C=O) groups is 2. The average molecular weight is 594 g/mol. The van der Waals surface area contributed by atoms with Gasteiger partial charge in [-0.15, -0.1) is 0 Å². The van der Waals surface area contributed by atoms with Crippen LogP contribution >= 0.6 is 0 Å². The van der Waals surface area contributed by atoms with Gasteiger partial charge < -0.3 is 24.6 Å². The molecular weight excluding hydrogens is 546 g/mol. The van der Waals surface area contributed by atoms with Crippen molar-refractivity contribution in [2.24, 2.45) is 0 Å². The van der Waals surface area contributed by atoms with Crippen LogP contribution in [-0.2, 0) is 22.1 Å². The van der Waals surface area contributed by atoms with Crippen molar-refractivity contribution in [2.45, 2.75) is 96.8 Å². The van der Waals surface area contributed by atoms with E-state index in [1.165, 1.54) is 4.90 Å². The molecule has 5 rings (SSSR count). The SMILES string of the molecule is CC(C)(C)OC(=O)N1CCN(Cc2ccc3c(c2C(C)(C)C)C(C)(C)c2ccc(OCC4(O)CC4)cc2N3C(=O)O)CC1. The lowest BCUT2D eigenvalue weighted by Gasteiger charge is -2.44. The fraction of sp³-hybridized carbons (Fsp3) is 0.588. The number of hydrogen-bond donors (Lipinski definition) is 2. The second-order valence-corrected chi connectivity index (χ2v) is 14.9. The van der Waals surface area contributed by atoms with Crippen molar-refractivity contribution in [3.63, 3.8) is 0 Å². The number of carboxylic acid groups (broad SMARTS) is 1. The van der Waals surface area contributed by atoms with E-state index in [2.05, 4.69) is 45.6 Å². The molecule has 1 aliphatic carbocycles. The first-order chi connectivity index (χ1) is 19.9. The largest absolute Gasteiger partial charge is 0.491 e. The highest BCUT2D eigenvalue weighted by Crippen LogP contribution is 2.53. The van der Waals surface area contributed by atoms with Crippen LogP contribution < -0.4 is 9.64 Å². The summed E-state index contributed by atoms with van der Waals surface area (Å²) in [6.07, 6.45) is 0.109. The number of fused-ring (bicyclic) bond motifs is 2. The maximum absolute atomic E-state index is 12.9. The van der Waals surface area contributed by atoms with E-state index in [4.69, 9.17) is 9.47 Å². The van der Waals surface area contributed by atoms with Crippen LogP contribution in [0.15, 0.2) is 30.3 Å². The normalized spacial score (nSPS) is 19.4. The molecule has 0 radical (unpaired) electrons. The number of aliphatic hydroxyl groups is 1. The smallest absolute Gasteiger partial charge is 0.416 e. The van der Waals surface area contributed by atoms with Crippen LogP contribution in [-0.4, -0.2) is 76.2 Å². The summed E-state index contributed by atoms with van der Waals surface area (Å²) in [5.74, 6) is 0.544. The van der Waals surface area contributed by atoms with Gasteiger partial charge in [-0.05, 0) is 73.4 Å². The van der Waals surface area contributed by atoms with E-state index in [1.54, 1.807) is 11.0 Å². The molecule has 0 atom stereocenters. The zero-order chi connectivity index (χ0) is 31.5. The van der Waals surface area contributed by atoms with Gasteiger partial charge in [0.1, 0.15) is 18.0 Å². The molecule has 0 unspecified atom stereocenters. The van der Waals surface area contributed by atoms with E-state index in [-0.39, 0.29) is 18.1 Å². The van der Waals surface area contributed by atoms with Gasteiger partial charge >= 0.3 is 12.2 Å². The van der Waals surface area contributed by atoms with Crippen molar-refractivity contribution in [3.05, 3.63) is 52.6 Å². The number of amides is 2. The van der Waals surface area contributed by atoms with Gasteiger partial charge in [-0.3, -0.25) is 4.90 Å². The van der Waals surface area contributed by atoms with Crippen LogP contribution in [0, 0.1) is 0 Å². The minimum Gasteiger partial charge on any atom is -0.491 e. The molecule has 2 aliphatic heterocycles. The predicted octanol–water partition coefficient (Wildman–Crippen LogP) is 6.40. The van der Waals surface area contributed by atoms with Crippen molar-refractivity contribution < 1.29 is 29.3 Å². The summed E-state index contributed by atoms with van der Waals surface area (Å²) in [5, 5.41) is 20.8. The van der Waals surface area contributed by atoms with Gasteiger partial charge in [0.2, 0.25) is 0 Å². The molecule has 9 nitrogen and oxygen atoms in total. The zero-order valence-electron chi connectivity index (χ0n) is 26.9. The van der Waals surface area contributed by atoms with E-state index in [9.17, 15) is 19.8 Å². The number of nitrogens with zero attached hydrogens (tertiary/aromatic N) is 3. The Morgan fingerprint density at radius 2 is 1.58 bits per heavy atom. The summed E-state index contributed by atoms with van der Waals surface area (Å²) in [6.45, 7) is 20.1. The van der Waals surface area contributed by atoms with Gasteiger partial charge in [0.05, 0.1) is 17.0 Å². The molecule has 234 valence electrons. The quantitative estimate of drug-likeness (QED) is 0.414. The highest BCUT2D eigenvalue weighted by atomic mass is 16.6. The second kappa shape index (κ2) is 10.7. The molecule has 2 fully saturated rings. The first-order valence-corrected chi connectivity index (χ1v) is 15.3. The molecule has 2 N–H and O–H groups in total. The minimum atomic E-state index is -1.05. The average Bonchev–Trinajstić information content (AvgIpc) is 3.63. The third-order valence-electron chi connectivity index (χ3n) is 8.71. The standard InChI is InChI=1S/C34H47N3O6/c1-31(2,3)27-22(20-35-15-17-36(18-16-35)30(40)43-32(4,5)6)9-12-25-28(27)33(7,8)24-11-10-23(42-21-34(41)13-14-34)19-26(24)37(25)29(38)39/h9-12,19,41H,13-18,20-21H2,1-8H3,(H,38,39). The summed E-state index contributed by atoms with van der Waals surface area (Å²) in [5.41, 5.74) is 3.43. The number of piperazine rings is 1. The molecule has 2 aromatic carbocycles. The summed E-state index contributed by atoms with van der Waals surface area (Å²) < 4.78 is 11.5. The molecule has 0 spiro atoms. The molecule has 1 saturated heterocycles. The molecule has 0 aromatic heterocycles. The Morgan fingerprint density at radius 3 is 2.14 bits per heavy atom. The van der Waals surface area contributed by atoms with Crippen LogP contribution in [0.4, 0.5) is 21.0 Å². The van der Waals surface area contributed by atoms with E-state index < -0.39 is 22.7 Å². The van der Waals surface area contributed by atoms with Crippen molar-refractivity contribution in [3.8, 4) is 5.75 Å². The first-order valence-electron chi connectivity index (χ1n) is 15.3. The Bertz CT molecular complexity index is 1410. The monoisotopic (exact) mass is 593 g/mol. The molecule has 2 amide bonds. The minimum absolute atomic E-state index is 0.197. The van der Waals surface area contributed by atoms with E-state index in [0.29, 0.717) is 36.8 Å². The van der Waals surface area contributed by atoms with Crippen molar-refractivity contribution >= 4 is 23.6 Å². The second-order valence-electron chi connectivity index (χ2n) is 14.9. The third kappa shape index (κ3) is 6.34. The van der Waals surface area contributed by atoms with Gasteiger partial charge in [-0.2, -0.15) is 0 Å². The van der Waals surface area contributed by atoms with E-state index >= 15 is 0 Å². The van der Waals surface area contributed by atoms with Crippen LogP contribution in [0.1, 0.15) is 90.5 Å². The summed E-state index contributed by atoms with van der Waals surface area (Å²) in [7, 11) is 0. The molecule has 1 saturated carbocycles. The molecule has 2 aromatic rings. The maximum atomic E-state index is 12.9. The van der Waals surface area contributed by atoms with Gasteiger partial charge in [-0.1, -0.05) is 46.8 Å². The fourth-order valence-corrected chi connectivity index (χ4v) is 6.39. The Hall–Kier alpha value is -3.30. The number of rotatable bonds is 5. The lowest BCUT2D eigenvalue weighted by atomic mass is 9.66. The lowest BCUT2D eigenvalue weighted by molar-refractivity contribution is 0.0138. The Balaban J connectivity index is 1.47. The number of anilines is 2. The fourth-order valence-electron chi connectivity index (χ4n) is 6.39. The highest BCUT2D eigenvalue weighted by Gasteiger charge is 2.44. The Morgan fingerprint density at radius 1 is 0.930 bits per heavy atom. The van der Waals surface area contributed by atoms with Gasteiger partial charge in [-0.25, -0.2) is 14.5 Å². The summed E-state index contributed by atoms with van der Waals surface area (Å²) in [6, 6.07) is 9.64. The van der Waals surface area contributed by atoms with Crippen LogP contribution in [0.5, 0.6) is 5.75 Å². The first kappa shape index (κ1) is 31.1. The number of hydrogen-bond acceptors (Lipinski definition) is 6.